The SMILES string of the molecule is CC1=C(C(=O)C(OC=O)c2cccc(C(F)(F)F)c2)C(c2ccc([N+](=O)[O-])cc2)NC=N1. The Morgan fingerprint density at radius 1 is 1.25 bits per heavy atom. The van der Waals surface area contributed by atoms with Gasteiger partial charge in [-0.1, -0.05) is 12.1 Å². The number of Topliss-reactive ketones (excluding diaryl/α,β-unsaturated/α-hetero) is 1. The fourth-order valence-electron chi connectivity index (χ4n) is 3.31. The number of aliphatic imine (C=N–C) groups is 1. The van der Waals surface area contributed by atoms with Gasteiger partial charge in [-0.25, -0.2) is 4.99 Å². The zero-order valence-electron chi connectivity index (χ0n) is 16.5. The summed E-state index contributed by atoms with van der Waals surface area (Å²) in [6.45, 7) is 1.51. The number of ether oxygens (including phenoxy) is 1. The number of non-ortho nitro benzene ring substituents is 1. The van der Waals surface area contributed by atoms with E-state index in [1.165, 1.54) is 43.6 Å². The molecule has 2 aromatic rings. The summed E-state index contributed by atoms with van der Waals surface area (Å²) in [4.78, 5) is 38.8. The predicted molar refractivity (Wildman–Crippen MR) is 107 cm³/mol. The fourth-order valence-corrected chi connectivity index (χ4v) is 3.31. The van der Waals surface area contributed by atoms with E-state index in [0.29, 0.717) is 5.56 Å². The van der Waals surface area contributed by atoms with Gasteiger partial charge in [0.05, 0.1) is 22.9 Å². The van der Waals surface area contributed by atoms with Crippen molar-refractivity contribution < 1.29 is 32.4 Å². The van der Waals surface area contributed by atoms with Gasteiger partial charge >= 0.3 is 6.18 Å². The highest BCUT2D eigenvalue weighted by molar-refractivity contribution is 6.02. The minimum absolute atomic E-state index is 0.0148. The van der Waals surface area contributed by atoms with Crippen LogP contribution < -0.4 is 5.32 Å². The van der Waals surface area contributed by atoms with Crippen LogP contribution >= 0.6 is 0 Å². The average molecular weight is 447 g/mol. The third-order valence-corrected chi connectivity index (χ3v) is 4.83. The number of hydrogen-bond acceptors (Lipinski definition) is 7. The number of carbonyl (C=O) groups excluding carboxylic acids is 2. The molecule has 0 fully saturated rings. The van der Waals surface area contributed by atoms with Gasteiger partial charge in [0.25, 0.3) is 12.2 Å². The van der Waals surface area contributed by atoms with Crippen LogP contribution in [0.15, 0.2) is 64.8 Å². The summed E-state index contributed by atoms with van der Waals surface area (Å²) in [5.41, 5.74) is -0.542. The molecule has 11 heteroatoms. The minimum Gasteiger partial charge on any atom is -0.451 e. The van der Waals surface area contributed by atoms with Crippen LogP contribution in [0.4, 0.5) is 18.9 Å². The van der Waals surface area contributed by atoms with Gasteiger partial charge in [-0.3, -0.25) is 19.7 Å². The number of nitro benzene ring substituents is 1. The lowest BCUT2D eigenvalue weighted by atomic mass is 9.88. The van der Waals surface area contributed by atoms with Crippen molar-refractivity contribution in [1.29, 1.82) is 0 Å². The van der Waals surface area contributed by atoms with Crippen LogP contribution in [-0.4, -0.2) is 23.5 Å². The Labute approximate surface area is 179 Å². The molecular formula is C21H16F3N3O5. The van der Waals surface area contributed by atoms with E-state index in [-0.39, 0.29) is 29.0 Å². The first-order valence-corrected chi connectivity index (χ1v) is 9.17. The lowest BCUT2D eigenvalue weighted by Gasteiger charge is -2.27. The van der Waals surface area contributed by atoms with E-state index in [2.05, 4.69) is 10.3 Å². The zero-order chi connectivity index (χ0) is 23.5. The molecule has 0 spiro atoms. The maximum absolute atomic E-state index is 13.4. The number of allylic oxidation sites excluding steroid dienone is 1. The van der Waals surface area contributed by atoms with Crippen LogP contribution in [0.1, 0.15) is 35.8 Å². The lowest BCUT2D eigenvalue weighted by molar-refractivity contribution is -0.384. The van der Waals surface area contributed by atoms with Crippen molar-refractivity contribution in [2.45, 2.75) is 25.2 Å². The van der Waals surface area contributed by atoms with E-state index in [1.807, 2.05) is 0 Å². The van der Waals surface area contributed by atoms with Crippen LogP contribution in [-0.2, 0) is 20.5 Å². The number of hydrogen-bond donors (Lipinski definition) is 1. The van der Waals surface area contributed by atoms with Crippen LogP contribution in [0, 0.1) is 10.1 Å². The summed E-state index contributed by atoms with van der Waals surface area (Å²) < 4.78 is 44.3. The van der Waals surface area contributed by atoms with E-state index in [4.69, 9.17) is 4.74 Å². The van der Waals surface area contributed by atoms with Gasteiger partial charge in [0, 0.05) is 29.0 Å². The van der Waals surface area contributed by atoms with Gasteiger partial charge in [0.2, 0.25) is 5.78 Å². The third-order valence-electron chi connectivity index (χ3n) is 4.83. The molecule has 3 rings (SSSR count). The van der Waals surface area contributed by atoms with E-state index >= 15 is 0 Å². The number of halogens is 3. The molecule has 0 aromatic heterocycles. The second-order valence-electron chi connectivity index (χ2n) is 6.81. The van der Waals surface area contributed by atoms with Gasteiger partial charge in [-0.05, 0) is 36.8 Å². The molecule has 1 aliphatic rings. The molecule has 1 aliphatic heterocycles. The number of ketones is 1. The monoisotopic (exact) mass is 447 g/mol. The quantitative estimate of drug-likeness (QED) is 0.390. The first kappa shape index (κ1) is 22.7. The Kier molecular flexibility index (Phi) is 6.37. The molecule has 0 saturated heterocycles. The molecule has 2 atom stereocenters. The van der Waals surface area contributed by atoms with Crippen molar-refractivity contribution in [3.63, 3.8) is 0 Å². The van der Waals surface area contributed by atoms with Gasteiger partial charge in [0.1, 0.15) is 0 Å². The lowest BCUT2D eigenvalue weighted by Crippen LogP contribution is -2.32. The van der Waals surface area contributed by atoms with Gasteiger partial charge in [0.15, 0.2) is 6.10 Å². The Morgan fingerprint density at radius 2 is 1.94 bits per heavy atom. The Morgan fingerprint density at radius 3 is 2.53 bits per heavy atom. The van der Waals surface area contributed by atoms with Crippen LogP contribution in [0.25, 0.3) is 0 Å². The highest BCUT2D eigenvalue weighted by Crippen LogP contribution is 2.36. The zero-order valence-corrected chi connectivity index (χ0v) is 16.5. The number of rotatable bonds is 7. The Bertz CT molecular complexity index is 1110. The molecule has 2 unspecified atom stereocenters. The molecule has 166 valence electrons. The van der Waals surface area contributed by atoms with E-state index in [9.17, 15) is 32.9 Å². The molecule has 32 heavy (non-hydrogen) atoms. The molecule has 0 radical (unpaired) electrons. The number of nitro groups is 1. The summed E-state index contributed by atoms with van der Waals surface area (Å²) in [6.07, 6.45) is -4.97. The normalized spacial score (nSPS) is 16.8. The Balaban J connectivity index is 2.03. The first-order chi connectivity index (χ1) is 15.1. The highest BCUT2D eigenvalue weighted by Gasteiger charge is 2.36. The van der Waals surface area contributed by atoms with Gasteiger partial charge < -0.3 is 10.1 Å². The second kappa shape index (κ2) is 9.00. The molecule has 0 aliphatic carbocycles. The summed E-state index contributed by atoms with van der Waals surface area (Å²) in [6, 6.07) is 8.51. The number of nitrogens with one attached hydrogen (secondary N) is 1. The van der Waals surface area contributed by atoms with Crippen LogP contribution in [0.3, 0.4) is 0 Å². The van der Waals surface area contributed by atoms with Crippen LogP contribution in [0.5, 0.6) is 0 Å². The molecular weight excluding hydrogens is 431 g/mol. The molecule has 1 heterocycles. The van der Waals surface area contributed by atoms with E-state index < -0.39 is 34.6 Å². The number of nitrogens with zero attached hydrogens (tertiary/aromatic N) is 2. The number of carbonyl (C=O) groups is 2. The van der Waals surface area contributed by atoms with E-state index in [1.54, 1.807) is 0 Å². The maximum Gasteiger partial charge on any atom is 0.416 e. The van der Waals surface area contributed by atoms with Crippen molar-refractivity contribution in [2.75, 3.05) is 0 Å². The molecule has 0 saturated carbocycles. The summed E-state index contributed by atoms with van der Waals surface area (Å²) >= 11 is 0. The molecule has 0 amide bonds. The fraction of sp³-hybridized carbons (Fsp3) is 0.190. The topological polar surface area (TPSA) is 111 Å². The second-order valence-corrected chi connectivity index (χ2v) is 6.81. The van der Waals surface area contributed by atoms with Crippen molar-refractivity contribution in [1.82, 2.24) is 5.32 Å². The van der Waals surface area contributed by atoms with Crippen molar-refractivity contribution in [3.8, 4) is 0 Å². The minimum atomic E-state index is -4.65. The van der Waals surface area contributed by atoms with Gasteiger partial charge in [-0.2, -0.15) is 13.2 Å². The summed E-state index contributed by atoms with van der Waals surface area (Å²) in [5, 5.41) is 13.8. The van der Waals surface area contributed by atoms with Gasteiger partial charge in [-0.15, -0.1) is 0 Å². The first-order valence-electron chi connectivity index (χ1n) is 9.17. The molecule has 2 aromatic carbocycles. The highest BCUT2D eigenvalue weighted by atomic mass is 19.4. The molecule has 0 bridgehead atoms. The molecule has 8 nitrogen and oxygen atoms in total. The number of benzene rings is 2. The predicted octanol–water partition coefficient (Wildman–Crippen LogP) is 4.04. The maximum atomic E-state index is 13.4. The van der Waals surface area contributed by atoms with E-state index in [0.717, 1.165) is 18.2 Å². The largest absolute Gasteiger partial charge is 0.451 e. The smallest absolute Gasteiger partial charge is 0.416 e. The summed E-state index contributed by atoms with van der Waals surface area (Å²) in [5.74, 6) is -0.776. The Hall–Kier alpha value is -4.02. The standard InChI is InChI=1S/C21H16F3N3O5/c1-12-17(18(26-10-25-12)13-5-7-16(8-6-13)27(30)31)19(29)20(32-11-28)14-3-2-4-15(9-14)21(22,23)24/h2-11,18,20H,1H3,(H,25,26). The number of alkyl halides is 3. The third kappa shape index (κ3) is 4.66. The molecule has 1 N–H and O–H groups in total. The average Bonchev–Trinajstić information content (AvgIpc) is 2.76. The van der Waals surface area contributed by atoms with Crippen molar-refractivity contribution in [3.05, 3.63) is 86.6 Å². The van der Waals surface area contributed by atoms with Crippen LogP contribution in [0.2, 0.25) is 0 Å². The van der Waals surface area contributed by atoms with Crippen molar-refractivity contribution >= 4 is 24.3 Å². The van der Waals surface area contributed by atoms with Crippen molar-refractivity contribution in [2.24, 2.45) is 4.99 Å². The summed E-state index contributed by atoms with van der Waals surface area (Å²) in [7, 11) is 0.